The van der Waals surface area contributed by atoms with E-state index in [0.717, 1.165) is 12.8 Å². The molecule has 0 spiro atoms. The molecule has 0 saturated heterocycles. The van der Waals surface area contributed by atoms with Crippen molar-refractivity contribution < 1.29 is 9.50 Å². The van der Waals surface area contributed by atoms with Crippen LogP contribution in [0.5, 0.6) is 0 Å². The second-order valence-corrected chi connectivity index (χ2v) is 4.97. The lowest BCUT2D eigenvalue weighted by molar-refractivity contribution is 0.157. The summed E-state index contributed by atoms with van der Waals surface area (Å²) in [5, 5.41) is 10.3. The van der Waals surface area contributed by atoms with Gasteiger partial charge < -0.3 is 5.11 Å². The molecule has 1 nitrogen and oxygen atoms in total. The molecule has 90 valence electrons. The highest BCUT2D eigenvalue weighted by Crippen LogP contribution is 2.20. The van der Waals surface area contributed by atoms with Crippen LogP contribution in [0.25, 0.3) is 0 Å². The van der Waals surface area contributed by atoms with E-state index in [4.69, 9.17) is 11.6 Å². The average Bonchev–Trinajstić information content (AvgIpc) is 2.20. The van der Waals surface area contributed by atoms with E-state index in [1.807, 2.05) is 0 Å². The van der Waals surface area contributed by atoms with Crippen LogP contribution in [0, 0.1) is 11.7 Å². The van der Waals surface area contributed by atoms with Gasteiger partial charge in [0.25, 0.3) is 0 Å². The predicted molar refractivity (Wildman–Crippen MR) is 65.2 cm³/mol. The number of halogens is 2. The summed E-state index contributed by atoms with van der Waals surface area (Å²) >= 11 is 5.93. The van der Waals surface area contributed by atoms with Gasteiger partial charge in [-0.05, 0) is 48.9 Å². The number of hydrogen-bond acceptors (Lipinski definition) is 1. The van der Waals surface area contributed by atoms with E-state index in [0.29, 0.717) is 22.9 Å². The molecule has 0 aliphatic carbocycles. The quantitative estimate of drug-likeness (QED) is 0.835. The maximum atomic E-state index is 13.0. The lowest BCUT2D eigenvalue weighted by Gasteiger charge is -2.13. The molecule has 1 unspecified atom stereocenters. The zero-order valence-electron chi connectivity index (χ0n) is 9.71. The van der Waals surface area contributed by atoms with Crippen molar-refractivity contribution in [3.05, 3.63) is 34.6 Å². The van der Waals surface area contributed by atoms with E-state index >= 15 is 0 Å². The van der Waals surface area contributed by atoms with Crippen LogP contribution in [0.1, 0.15) is 32.3 Å². The maximum Gasteiger partial charge on any atom is 0.123 e. The van der Waals surface area contributed by atoms with Gasteiger partial charge in [-0.1, -0.05) is 25.4 Å². The molecule has 0 aromatic heterocycles. The first-order valence-corrected chi connectivity index (χ1v) is 5.99. The Bertz CT molecular complexity index is 339. The first-order valence-electron chi connectivity index (χ1n) is 5.61. The molecular weight excluding hydrogens is 227 g/mol. The Labute approximate surface area is 101 Å². The van der Waals surface area contributed by atoms with Crippen LogP contribution < -0.4 is 0 Å². The second kappa shape index (κ2) is 6.21. The van der Waals surface area contributed by atoms with Crippen LogP contribution in [-0.4, -0.2) is 11.2 Å². The average molecular weight is 245 g/mol. The first-order chi connectivity index (χ1) is 7.49. The molecule has 1 rings (SSSR count). The van der Waals surface area contributed by atoms with Crippen molar-refractivity contribution in [1.82, 2.24) is 0 Å². The molecular formula is C13H18ClFO. The Morgan fingerprint density at radius 3 is 2.62 bits per heavy atom. The van der Waals surface area contributed by atoms with Gasteiger partial charge in [-0.15, -0.1) is 0 Å². The molecule has 0 fully saturated rings. The molecule has 0 bridgehead atoms. The van der Waals surface area contributed by atoms with Gasteiger partial charge in [-0.25, -0.2) is 4.39 Å². The number of rotatable bonds is 5. The van der Waals surface area contributed by atoms with Gasteiger partial charge >= 0.3 is 0 Å². The summed E-state index contributed by atoms with van der Waals surface area (Å²) in [6, 6.07) is 4.24. The zero-order valence-corrected chi connectivity index (χ0v) is 10.5. The van der Waals surface area contributed by atoms with Crippen molar-refractivity contribution in [3.8, 4) is 0 Å². The van der Waals surface area contributed by atoms with E-state index in [1.54, 1.807) is 0 Å². The first kappa shape index (κ1) is 13.5. The fraction of sp³-hybridized carbons (Fsp3) is 0.538. The van der Waals surface area contributed by atoms with Crippen LogP contribution in [0.2, 0.25) is 5.02 Å². The molecule has 0 amide bonds. The summed E-state index contributed by atoms with van der Waals surface area (Å²) in [5.74, 6) is 0.257. The fourth-order valence-electron chi connectivity index (χ4n) is 1.58. The maximum absolute atomic E-state index is 13.0. The Morgan fingerprint density at radius 2 is 2.00 bits per heavy atom. The van der Waals surface area contributed by atoms with Crippen LogP contribution >= 0.6 is 11.6 Å². The summed E-state index contributed by atoms with van der Waals surface area (Å²) in [4.78, 5) is 0. The molecule has 1 N–H and O–H groups in total. The van der Waals surface area contributed by atoms with Gasteiger partial charge in [-0.3, -0.25) is 0 Å². The number of aliphatic hydroxyl groups excluding tert-OH is 1. The predicted octanol–water partition coefficient (Wildman–Crippen LogP) is 3.82. The third-order valence-corrected chi connectivity index (χ3v) is 2.91. The van der Waals surface area contributed by atoms with E-state index in [1.165, 1.54) is 18.2 Å². The summed E-state index contributed by atoms with van der Waals surface area (Å²) in [6.07, 6.45) is 1.67. The molecule has 0 radical (unpaired) electrons. The molecule has 1 atom stereocenters. The minimum atomic E-state index is -0.443. The van der Waals surface area contributed by atoms with E-state index < -0.39 is 6.10 Å². The number of hydrogen-bond donors (Lipinski definition) is 1. The normalized spacial score (nSPS) is 13.1. The zero-order chi connectivity index (χ0) is 12.1. The number of aliphatic hydroxyl groups is 1. The van der Waals surface area contributed by atoms with E-state index in [9.17, 15) is 9.50 Å². The molecule has 1 aromatic rings. The molecule has 3 heteroatoms. The summed E-state index contributed by atoms with van der Waals surface area (Å²) in [7, 11) is 0. The monoisotopic (exact) mass is 244 g/mol. The summed E-state index contributed by atoms with van der Waals surface area (Å²) in [5.41, 5.74) is 0.679. The topological polar surface area (TPSA) is 20.2 Å². The lowest BCUT2D eigenvalue weighted by atomic mass is 10.00. The Kier molecular flexibility index (Phi) is 5.23. The Balaban J connectivity index is 2.55. The molecule has 0 heterocycles. The Hall–Kier alpha value is -0.600. The molecule has 0 saturated carbocycles. The van der Waals surface area contributed by atoms with Crippen molar-refractivity contribution in [2.24, 2.45) is 5.92 Å². The Morgan fingerprint density at radius 1 is 1.31 bits per heavy atom. The van der Waals surface area contributed by atoms with Crippen LogP contribution in [0.4, 0.5) is 4.39 Å². The highest BCUT2D eigenvalue weighted by Gasteiger charge is 2.10. The molecule has 0 aliphatic rings. The largest absolute Gasteiger partial charge is 0.393 e. The highest BCUT2D eigenvalue weighted by atomic mass is 35.5. The second-order valence-electron chi connectivity index (χ2n) is 4.56. The minimum absolute atomic E-state index is 0.310. The van der Waals surface area contributed by atoms with Crippen molar-refractivity contribution in [1.29, 1.82) is 0 Å². The van der Waals surface area contributed by atoms with Crippen molar-refractivity contribution in [3.63, 3.8) is 0 Å². The number of benzene rings is 1. The van der Waals surface area contributed by atoms with Crippen molar-refractivity contribution >= 4 is 11.6 Å². The lowest BCUT2D eigenvalue weighted by Crippen LogP contribution is -2.12. The molecule has 1 aromatic carbocycles. The smallest absolute Gasteiger partial charge is 0.123 e. The third-order valence-electron chi connectivity index (χ3n) is 2.54. The fourth-order valence-corrected chi connectivity index (χ4v) is 1.78. The van der Waals surface area contributed by atoms with Gasteiger partial charge in [0.2, 0.25) is 0 Å². The summed E-state index contributed by atoms with van der Waals surface area (Å²) < 4.78 is 13.0. The van der Waals surface area contributed by atoms with E-state index in [2.05, 4.69) is 13.8 Å². The molecule has 16 heavy (non-hydrogen) atoms. The van der Waals surface area contributed by atoms with Crippen molar-refractivity contribution in [2.75, 3.05) is 0 Å². The van der Waals surface area contributed by atoms with Gasteiger partial charge in [0, 0.05) is 5.02 Å². The van der Waals surface area contributed by atoms with Gasteiger partial charge in [-0.2, -0.15) is 0 Å². The minimum Gasteiger partial charge on any atom is -0.393 e. The van der Waals surface area contributed by atoms with E-state index in [-0.39, 0.29) is 5.82 Å². The summed E-state index contributed by atoms with van der Waals surface area (Å²) in [6.45, 7) is 4.23. The van der Waals surface area contributed by atoms with Crippen molar-refractivity contribution in [2.45, 2.75) is 39.2 Å². The standard InChI is InChI=1S/C13H18ClFO/c1-9(2)3-5-12(16)8-10-7-11(15)4-6-13(10)14/h4,6-7,9,12,16H,3,5,8H2,1-2H3. The third kappa shape index (κ3) is 4.50. The van der Waals surface area contributed by atoms with Crippen LogP contribution in [0.3, 0.4) is 0 Å². The SMILES string of the molecule is CC(C)CCC(O)Cc1cc(F)ccc1Cl. The van der Waals surface area contributed by atoms with Gasteiger partial charge in [0.15, 0.2) is 0 Å². The van der Waals surface area contributed by atoms with Crippen LogP contribution in [-0.2, 0) is 6.42 Å². The highest BCUT2D eigenvalue weighted by molar-refractivity contribution is 6.31. The van der Waals surface area contributed by atoms with Gasteiger partial charge in [0.05, 0.1) is 6.10 Å². The van der Waals surface area contributed by atoms with Crippen LogP contribution in [0.15, 0.2) is 18.2 Å². The van der Waals surface area contributed by atoms with Gasteiger partial charge in [0.1, 0.15) is 5.82 Å². The molecule has 0 aliphatic heterocycles.